The smallest absolute Gasteiger partial charge is 0.296 e. The van der Waals surface area contributed by atoms with Crippen LogP contribution >= 0.6 is 0 Å². The Bertz CT molecular complexity index is 586. The van der Waals surface area contributed by atoms with Crippen LogP contribution in [0.25, 0.3) is 0 Å². The SMILES string of the molecule is CC(C)(C)OOC(=O)c1cc(C(=O)OO)ccc1C(=O)OO. The average Bonchev–Trinajstić information content (AvgIpc) is 2.49. The molecule has 1 aromatic carbocycles. The van der Waals surface area contributed by atoms with E-state index < -0.39 is 29.1 Å². The first-order valence-electron chi connectivity index (χ1n) is 5.95. The van der Waals surface area contributed by atoms with Crippen LogP contribution in [0.5, 0.6) is 0 Å². The fraction of sp³-hybridized carbons (Fsp3) is 0.308. The second-order valence-corrected chi connectivity index (χ2v) is 5.08. The summed E-state index contributed by atoms with van der Waals surface area (Å²) in [5.74, 6) is -3.51. The monoisotopic (exact) mass is 314 g/mol. The van der Waals surface area contributed by atoms with Gasteiger partial charge in [0, 0.05) is 0 Å². The summed E-state index contributed by atoms with van der Waals surface area (Å²) in [6.45, 7) is 4.84. The molecule has 0 fully saturated rings. The van der Waals surface area contributed by atoms with Crippen LogP contribution < -0.4 is 0 Å². The van der Waals surface area contributed by atoms with E-state index >= 15 is 0 Å². The Morgan fingerprint density at radius 1 is 0.909 bits per heavy atom. The molecule has 0 aromatic heterocycles. The summed E-state index contributed by atoms with van der Waals surface area (Å²) in [5, 5.41) is 16.7. The lowest BCUT2D eigenvalue weighted by Gasteiger charge is -2.17. The second kappa shape index (κ2) is 6.98. The lowest BCUT2D eigenvalue weighted by atomic mass is 10.0. The Morgan fingerprint density at radius 3 is 2.00 bits per heavy atom. The predicted octanol–water partition coefficient (Wildman–Crippen LogP) is 1.83. The molecule has 0 saturated heterocycles. The average molecular weight is 314 g/mol. The Hall–Kier alpha value is -2.49. The topological polar surface area (TPSA) is 129 Å². The fourth-order valence-corrected chi connectivity index (χ4v) is 1.33. The lowest BCUT2D eigenvalue weighted by Crippen LogP contribution is -2.23. The van der Waals surface area contributed by atoms with Crippen molar-refractivity contribution in [3.05, 3.63) is 34.9 Å². The van der Waals surface area contributed by atoms with E-state index in [9.17, 15) is 14.4 Å². The van der Waals surface area contributed by atoms with E-state index in [2.05, 4.69) is 14.7 Å². The van der Waals surface area contributed by atoms with E-state index in [1.165, 1.54) is 0 Å². The number of carbonyl (C=O) groups excluding carboxylic acids is 3. The molecule has 9 nitrogen and oxygen atoms in total. The molecule has 120 valence electrons. The summed E-state index contributed by atoms with van der Waals surface area (Å²) in [4.78, 5) is 51.0. The van der Waals surface area contributed by atoms with Crippen LogP contribution in [0.1, 0.15) is 51.8 Å². The molecule has 0 bridgehead atoms. The van der Waals surface area contributed by atoms with Crippen LogP contribution in [0.15, 0.2) is 18.2 Å². The van der Waals surface area contributed by atoms with Crippen molar-refractivity contribution >= 4 is 17.9 Å². The number of rotatable bonds is 4. The molecule has 9 heteroatoms. The lowest BCUT2D eigenvalue weighted by molar-refractivity contribution is -0.301. The van der Waals surface area contributed by atoms with Crippen LogP contribution in [0.2, 0.25) is 0 Å². The fourth-order valence-electron chi connectivity index (χ4n) is 1.33. The molecule has 0 amide bonds. The standard InChI is InChI=1S/C13H14O9/c1-13(2,3)22-21-12(16)9-6-7(10(14)19-17)4-5-8(9)11(15)20-18/h4-6,17-18H,1-3H3. The maximum absolute atomic E-state index is 11.9. The van der Waals surface area contributed by atoms with Gasteiger partial charge in [-0.2, -0.15) is 15.4 Å². The Kier molecular flexibility index (Phi) is 5.57. The van der Waals surface area contributed by atoms with E-state index in [4.69, 9.17) is 15.4 Å². The highest BCUT2D eigenvalue weighted by molar-refractivity contribution is 6.04. The summed E-state index contributed by atoms with van der Waals surface area (Å²) in [6, 6.07) is 3.00. The van der Waals surface area contributed by atoms with Crippen LogP contribution in [-0.4, -0.2) is 34.0 Å². The van der Waals surface area contributed by atoms with Crippen molar-refractivity contribution in [2.75, 3.05) is 0 Å². The number of carbonyl (C=O) groups is 3. The van der Waals surface area contributed by atoms with Crippen molar-refractivity contribution in [2.45, 2.75) is 26.4 Å². The van der Waals surface area contributed by atoms with Gasteiger partial charge in [0.25, 0.3) is 0 Å². The third-order valence-corrected chi connectivity index (χ3v) is 2.23. The van der Waals surface area contributed by atoms with Gasteiger partial charge in [-0.3, -0.25) is 14.7 Å². The summed E-state index contributed by atoms with van der Waals surface area (Å²) in [7, 11) is 0. The van der Waals surface area contributed by atoms with Crippen LogP contribution in [0.3, 0.4) is 0 Å². The first kappa shape index (κ1) is 17.6. The molecule has 1 aromatic rings. The van der Waals surface area contributed by atoms with Crippen molar-refractivity contribution in [3.8, 4) is 0 Å². The first-order valence-corrected chi connectivity index (χ1v) is 5.95. The van der Waals surface area contributed by atoms with Crippen molar-refractivity contribution in [1.29, 1.82) is 0 Å². The first-order chi connectivity index (χ1) is 10.2. The van der Waals surface area contributed by atoms with Crippen LogP contribution in [-0.2, 0) is 19.6 Å². The molecule has 0 spiro atoms. The molecule has 0 aliphatic carbocycles. The summed E-state index contributed by atoms with van der Waals surface area (Å²) < 4.78 is 0. The van der Waals surface area contributed by atoms with Gasteiger partial charge in [-0.15, -0.1) is 0 Å². The maximum Gasteiger partial charge on any atom is 0.374 e. The molecule has 2 N–H and O–H groups in total. The molecule has 0 atom stereocenters. The molecule has 22 heavy (non-hydrogen) atoms. The van der Waals surface area contributed by atoms with E-state index in [0.717, 1.165) is 18.2 Å². The highest BCUT2D eigenvalue weighted by Crippen LogP contribution is 2.17. The molecular weight excluding hydrogens is 300 g/mol. The van der Waals surface area contributed by atoms with Crippen molar-refractivity contribution in [3.63, 3.8) is 0 Å². The van der Waals surface area contributed by atoms with E-state index in [-0.39, 0.29) is 11.1 Å². The highest BCUT2D eigenvalue weighted by Gasteiger charge is 2.25. The summed E-state index contributed by atoms with van der Waals surface area (Å²) >= 11 is 0. The van der Waals surface area contributed by atoms with Gasteiger partial charge < -0.3 is 0 Å². The Morgan fingerprint density at radius 2 is 1.50 bits per heavy atom. The van der Waals surface area contributed by atoms with Gasteiger partial charge in [-0.05, 0) is 39.0 Å². The third kappa shape index (κ3) is 4.52. The van der Waals surface area contributed by atoms with Crippen molar-refractivity contribution in [2.24, 2.45) is 0 Å². The minimum absolute atomic E-state index is 0.236. The quantitative estimate of drug-likeness (QED) is 0.631. The van der Waals surface area contributed by atoms with Gasteiger partial charge in [-0.1, -0.05) is 0 Å². The molecule has 0 aliphatic rings. The zero-order valence-electron chi connectivity index (χ0n) is 12.0. The molecular formula is C13H14O9. The summed E-state index contributed by atoms with van der Waals surface area (Å²) in [5.41, 5.74) is -1.85. The van der Waals surface area contributed by atoms with Gasteiger partial charge in [0.05, 0.1) is 16.7 Å². The normalized spacial score (nSPS) is 10.8. The maximum atomic E-state index is 11.9. The molecule has 1 rings (SSSR count). The molecule has 0 aliphatic heterocycles. The summed E-state index contributed by atoms with van der Waals surface area (Å²) in [6.07, 6.45) is 0. The zero-order chi connectivity index (χ0) is 16.9. The molecule has 0 radical (unpaired) electrons. The predicted molar refractivity (Wildman–Crippen MR) is 68.8 cm³/mol. The van der Waals surface area contributed by atoms with Gasteiger partial charge in [0.15, 0.2) is 0 Å². The Labute approximate surface area is 124 Å². The zero-order valence-corrected chi connectivity index (χ0v) is 12.0. The van der Waals surface area contributed by atoms with E-state index in [0.29, 0.717) is 0 Å². The third-order valence-electron chi connectivity index (χ3n) is 2.23. The highest BCUT2D eigenvalue weighted by atomic mass is 17.2. The number of benzene rings is 1. The molecule has 0 unspecified atom stereocenters. The second-order valence-electron chi connectivity index (χ2n) is 5.08. The van der Waals surface area contributed by atoms with E-state index in [1.54, 1.807) is 20.8 Å². The van der Waals surface area contributed by atoms with Gasteiger partial charge >= 0.3 is 17.9 Å². The van der Waals surface area contributed by atoms with Gasteiger partial charge in [0.2, 0.25) is 0 Å². The van der Waals surface area contributed by atoms with E-state index in [1.807, 2.05) is 0 Å². The van der Waals surface area contributed by atoms with Crippen molar-refractivity contribution in [1.82, 2.24) is 0 Å². The number of hydrogen-bond acceptors (Lipinski definition) is 9. The molecule has 0 heterocycles. The van der Waals surface area contributed by atoms with Crippen LogP contribution in [0, 0.1) is 0 Å². The minimum atomic E-state index is -1.24. The van der Waals surface area contributed by atoms with Gasteiger partial charge in [0.1, 0.15) is 5.60 Å². The number of hydrogen-bond donors (Lipinski definition) is 2. The van der Waals surface area contributed by atoms with Gasteiger partial charge in [-0.25, -0.2) is 14.4 Å². The minimum Gasteiger partial charge on any atom is -0.296 e. The van der Waals surface area contributed by atoms with Crippen molar-refractivity contribution < 1.29 is 44.4 Å². The Balaban J connectivity index is 3.18. The molecule has 0 saturated carbocycles. The largest absolute Gasteiger partial charge is 0.374 e. The van der Waals surface area contributed by atoms with Crippen LogP contribution in [0.4, 0.5) is 0 Å².